The lowest BCUT2D eigenvalue weighted by molar-refractivity contribution is -0.119. The smallest absolute Gasteiger partial charge is 0.292 e. The van der Waals surface area contributed by atoms with E-state index in [1.54, 1.807) is 0 Å². The van der Waals surface area contributed by atoms with Crippen LogP contribution in [-0.4, -0.2) is 36.5 Å². The molecule has 2 aromatic carbocycles. The molecule has 0 spiro atoms. The zero-order valence-electron chi connectivity index (χ0n) is 17.4. The van der Waals surface area contributed by atoms with Crippen molar-refractivity contribution in [2.45, 2.75) is 45.2 Å². The Balaban J connectivity index is 1.66. The number of piperidine rings is 1. The van der Waals surface area contributed by atoms with Crippen molar-refractivity contribution in [1.29, 1.82) is 0 Å². The Bertz CT molecular complexity index is 768. The predicted molar refractivity (Wildman–Crippen MR) is 119 cm³/mol. The van der Waals surface area contributed by atoms with Crippen LogP contribution in [-0.2, 0) is 16.1 Å². The third-order valence-corrected chi connectivity index (χ3v) is 5.44. The zero-order chi connectivity index (χ0) is 20.5. The Morgan fingerprint density at radius 2 is 1.69 bits per heavy atom. The van der Waals surface area contributed by atoms with Crippen LogP contribution >= 0.6 is 0 Å². The Morgan fingerprint density at radius 1 is 1.07 bits per heavy atom. The fourth-order valence-corrected chi connectivity index (χ4v) is 3.80. The molecular formula is C25H32N2O2. The lowest BCUT2D eigenvalue weighted by atomic mass is 10.0. The molecule has 2 aromatic rings. The molecule has 3 rings (SSSR count). The maximum Gasteiger partial charge on any atom is 0.292 e. The van der Waals surface area contributed by atoms with E-state index in [0.717, 1.165) is 51.0 Å². The maximum absolute atomic E-state index is 13.2. The molecule has 1 fully saturated rings. The molecule has 0 aliphatic carbocycles. The monoisotopic (exact) mass is 392 g/mol. The second-order valence-corrected chi connectivity index (χ2v) is 7.63. The minimum Gasteiger partial charge on any atom is -0.488 e. The van der Waals surface area contributed by atoms with Gasteiger partial charge in [-0.05, 0) is 37.0 Å². The number of rotatable bonds is 9. The van der Waals surface area contributed by atoms with E-state index < -0.39 is 0 Å². The Hall–Kier alpha value is -2.59. The molecule has 0 atom stereocenters. The maximum atomic E-state index is 13.2. The highest BCUT2D eigenvalue weighted by molar-refractivity contribution is 6.04. The molecular weight excluding hydrogens is 360 g/mol. The Morgan fingerprint density at radius 3 is 2.31 bits per heavy atom. The number of hydrogen-bond donors (Lipinski definition) is 0. The fourth-order valence-electron chi connectivity index (χ4n) is 3.80. The first-order chi connectivity index (χ1) is 14.2. The van der Waals surface area contributed by atoms with Crippen LogP contribution in [0.1, 0.15) is 38.2 Å². The summed E-state index contributed by atoms with van der Waals surface area (Å²) in [6, 6.07) is 20.6. The second kappa shape index (κ2) is 10.8. The molecule has 1 heterocycles. The molecule has 0 unspecified atom stereocenters. The van der Waals surface area contributed by atoms with Crippen molar-refractivity contribution in [2.24, 2.45) is 0 Å². The van der Waals surface area contributed by atoms with Gasteiger partial charge in [-0.1, -0.05) is 68.5 Å². The Kier molecular flexibility index (Phi) is 7.88. The first-order valence-corrected chi connectivity index (χ1v) is 10.7. The summed E-state index contributed by atoms with van der Waals surface area (Å²) in [5.41, 5.74) is 2.25. The molecule has 154 valence electrons. The van der Waals surface area contributed by atoms with E-state index >= 15 is 0 Å². The molecule has 1 amide bonds. The first kappa shape index (κ1) is 21.1. The van der Waals surface area contributed by atoms with Gasteiger partial charge in [-0.15, -0.1) is 0 Å². The normalized spacial score (nSPS) is 15.1. The average Bonchev–Trinajstić information content (AvgIpc) is 2.76. The van der Waals surface area contributed by atoms with Crippen molar-refractivity contribution in [3.8, 4) is 0 Å². The second-order valence-electron chi connectivity index (χ2n) is 7.63. The van der Waals surface area contributed by atoms with Gasteiger partial charge < -0.3 is 9.64 Å². The lowest BCUT2D eigenvalue weighted by Gasteiger charge is -2.38. The molecule has 0 N–H and O–H groups in total. The third kappa shape index (κ3) is 5.94. The number of nitrogens with zero attached hydrogens (tertiary/aromatic N) is 2. The summed E-state index contributed by atoms with van der Waals surface area (Å²) in [6.45, 7) is 9.46. The average molecular weight is 393 g/mol. The van der Waals surface area contributed by atoms with E-state index in [4.69, 9.17) is 4.74 Å². The van der Waals surface area contributed by atoms with Gasteiger partial charge in [0.05, 0.1) is 6.61 Å². The standard InChI is InChI=1S/C25H32N2O2/c1-3-4-19-29-21(2)25(28)27(23-13-9-6-10-14-23)24-15-17-26(18-16-24)20-22-11-7-5-8-12-22/h5-14,24H,2-4,15-20H2,1H3. The van der Waals surface area contributed by atoms with Crippen LogP contribution in [0.4, 0.5) is 5.69 Å². The summed E-state index contributed by atoms with van der Waals surface area (Å²) in [6.07, 6.45) is 3.84. The summed E-state index contributed by atoms with van der Waals surface area (Å²) < 4.78 is 5.64. The van der Waals surface area contributed by atoms with Gasteiger partial charge in [0.15, 0.2) is 5.76 Å². The highest BCUT2D eigenvalue weighted by Gasteiger charge is 2.30. The number of carbonyl (C=O) groups is 1. The van der Waals surface area contributed by atoms with E-state index in [1.807, 2.05) is 35.2 Å². The summed E-state index contributed by atoms with van der Waals surface area (Å²) in [4.78, 5) is 17.6. The van der Waals surface area contributed by atoms with Crippen molar-refractivity contribution < 1.29 is 9.53 Å². The van der Waals surface area contributed by atoms with E-state index in [9.17, 15) is 4.79 Å². The van der Waals surface area contributed by atoms with Crippen LogP contribution in [0, 0.1) is 0 Å². The quantitative estimate of drug-likeness (QED) is 0.341. The van der Waals surface area contributed by atoms with Crippen LogP contribution in [0.5, 0.6) is 0 Å². The summed E-state index contributed by atoms with van der Waals surface area (Å²) in [5, 5.41) is 0. The van der Waals surface area contributed by atoms with Gasteiger partial charge in [-0.25, -0.2) is 0 Å². The van der Waals surface area contributed by atoms with E-state index in [0.29, 0.717) is 6.61 Å². The minimum absolute atomic E-state index is 0.117. The SMILES string of the molecule is C=C(OCCCC)C(=O)N(c1ccccc1)C1CCN(Cc2ccccc2)CC1. The van der Waals surface area contributed by atoms with E-state index in [2.05, 4.69) is 48.7 Å². The molecule has 0 bridgehead atoms. The lowest BCUT2D eigenvalue weighted by Crippen LogP contribution is -2.48. The number of benzene rings is 2. The number of ether oxygens (including phenoxy) is 1. The van der Waals surface area contributed by atoms with Crippen molar-refractivity contribution in [3.05, 3.63) is 78.6 Å². The van der Waals surface area contributed by atoms with Gasteiger partial charge in [0.1, 0.15) is 0 Å². The van der Waals surface area contributed by atoms with Gasteiger partial charge in [-0.3, -0.25) is 9.69 Å². The molecule has 0 aromatic heterocycles. The summed E-state index contributed by atoms with van der Waals surface area (Å²) >= 11 is 0. The van der Waals surface area contributed by atoms with E-state index in [-0.39, 0.29) is 17.7 Å². The highest BCUT2D eigenvalue weighted by atomic mass is 16.5. The van der Waals surface area contributed by atoms with Crippen LogP contribution in [0.25, 0.3) is 0 Å². The number of hydrogen-bond acceptors (Lipinski definition) is 3. The molecule has 1 aliphatic rings. The van der Waals surface area contributed by atoms with Crippen LogP contribution in [0.2, 0.25) is 0 Å². The first-order valence-electron chi connectivity index (χ1n) is 10.7. The van der Waals surface area contributed by atoms with Gasteiger partial charge in [0.2, 0.25) is 0 Å². The highest BCUT2D eigenvalue weighted by Crippen LogP contribution is 2.26. The Labute approximate surface area is 174 Å². The van der Waals surface area contributed by atoms with Crippen molar-refractivity contribution in [3.63, 3.8) is 0 Å². The molecule has 4 heteroatoms. The molecule has 1 aliphatic heterocycles. The molecule has 0 radical (unpaired) electrons. The largest absolute Gasteiger partial charge is 0.488 e. The summed E-state index contributed by atoms with van der Waals surface area (Å²) in [7, 11) is 0. The van der Waals surface area contributed by atoms with Gasteiger partial charge in [0, 0.05) is 31.4 Å². The van der Waals surface area contributed by atoms with Crippen LogP contribution in [0.15, 0.2) is 73.0 Å². The van der Waals surface area contributed by atoms with Crippen molar-refractivity contribution >= 4 is 11.6 Å². The van der Waals surface area contributed by atoms with Gasteiger partial charge in [-0.2, -0.15) is 0 Å². The third-order valence-electron chi connectivity index (χ3n) is 5.44. The topological polar surface area (TPSA) is 32.8 Å². The zero-order valence-corrected chi connectivity index (χ0v) is 17.4. The summed E-state index contributed by atoms with van der Waals surface area (Å²) in [5.74, 6) is 0.128. The number of unbranched alkanes of at least 4 members (excludes halogenated alkanes) is 1. The van der Waals surface area contributed by atoms with Crippen LogP contribution in [0.3, 0.4) is 0 Å². The number of amides is 1. The molecule has 29 heavy (non-hydrogen) atoms. The predicted octanol–water partition coefficient (Wildman–Crippen LogP) is 5.01. The molecule has 0 saturated carbocycles. The van der Waals surface area contributed by atoms with Gasteiger partial charge in [0.25, 0.3) is 5.91 Å². The molecule has 4 nitrogen and oxygen atoms in total. The molecule has 1 saturated heterocycles. The number of carbonyl (C=O) groups excluding carboxylic acids is 1. The van der Waals surface area contributed by atoms with E-state index in [1.165, 1.54) is 5.56 Å². The number of likely N-dealkylation sites (tertiary alicyclic amines) is 1. The number of para-hydroxylation sites is 1. The number of anilines is 1. The van der Waals surface area contributed by atoms with Crippen molar-refractivity contribution in [2.75, 3.05) is 24.6 Å². The van der Waals surface area contributed by atoms with Crippen molar-refractivity contribution in [1.82, 2.24) is 4.90 Å². The fraction of sp³-hybridized carbons (Fsp3) is 0.400. The van der Waals surface area contributed by atoms with Gasteiger partial charge >= 0.3 is 0 Å². The van der Waals surface area contributed by atoms with Crippen LogP contribution < -0.4 is 4.90 Å². The minimum atomic E-state index is -0.117.